The van der Waals surface area contributed by atoms with E-state index < -0.39 is 12.0 Å². The molecule has 2 N–H and O–H groups in total. The Morgan fingerprint density at radius 2 is 1.90 bits per heavy atom. The Balaban J connectivity index is 2.02. The Labute approximate surface area is 127 Å². The van der Waals surface area contributed by atoms with Crippen LogP contribution in [0.3, 0.4) is 0 Å². The number of likely N-dealkylation sites (tertiary alicyclic amines) is 1. The number of rotatable bonds is 4. The van der Waals surface area contributed by atoms with Crippen LogP contribution in [0.4, 0.5) is 4.79 Å². The van der Waals surface area contributed by atoms with E-state index in [9.17, 15) is 14.7 Å². The van der Waals surface area contributed by atoms with Gasteiger partial charge in [0, 0.05) is 12.6 Å². The quantitative estimate of drug-likeness (QED) is 0.838. The molecule has 0 aromatic carbocycles. The van der Waals surface area contributed by atoms with Gasteiger partial charge in [-0.2, -0.15) is 0 Å². The van der Waals surface area contributed by atoms with E-state index in [1.165, 1.54) is 25.7 Å². The second-order valence-corrected chi connectivity index (χ2v) is 6.60. The van der Waals surface area contributed by atoms with Crippen molar-refractivity contribution >= 4 is 12.0 Å². The van der Waals surface area contributed by atoms with Crippen molar-refractivity contribution < 1.29 is 14.7 Å². The fourth-order valence-electron chi connectivity index (χ4n) is 3.78. The van der Waals surface area contributed by atoms with E-state index in [-0.39, 0.29) is 11.9 Å². The minimum Gasteiger partial charge on any atom is -0.480 e. The zero-order valence-electron chi connectivity index (χ0n) is 13.2. The molecule has 1 saturated heterocycles. The highest BCUT2D eigenvalue weighted by Crippen LogP contribution is 2.35. The highest BCUT2D eigenvalue weighted by Gasteiger charge is 2.37. The summed E-state index contributed by atoms with van der Waals surface area (Å²) in [6.45, 7) is 4.59. The summed E-state index contributed by atoms with van der Waals surface area (Å²) in [7, 11) is 0. The van der Waals surface area contributed by atoms with Gasteiger partial charge in [0.25, 0.3) is 0 Å². The van der Waals surface area contributed by atoms with Gasteiger partial charge >= 0.3 is 12.0 Å². The van der Waals surface area contributed by atoms with Crippen LogP contribution in [0, 0.1) is 11.8 Å². The number of carboxylic acids is 1. The maximum Gasteiger partial charge on any atom is 0.326 e. The van der Waals surface area contributed by atoms with Crippen molar-refractivity contribution in [2.75, 3.05) is 6.54 Å². The summed E-state index contributed by atoms with van der Waals surface area (Å²) < 4.78 is 0. The van der Waals surface area contributed by atoms with E-state index in [1.807, 2.05) is 18.7 Å². The third kappa shape index (κ3) is 3.69. The molecule has 2 rings (SSSR count). The Morgan fingerprint density at radius 3 is 2.57 bits per heavy atom. The molecule has 2 unspecified atom stereocenters. The minimum atomic E-state index is -0.935. The lowest BCUT2D eigenvalue weighted by Crippen LogP contribution is -2.57. The lowest BCUT2D eigenvalue weighted by molar-refractivity contribution is -0.140. The minimum absolute atomic E-state index is 0.0570. The van der Waals surface area contributed by atoms with Crippen LogP contribution in [0.5, 0.6) is 0 Å². The van der Waals surface area contributed by atoms with Gasteiger partial charge in [0.05, 0.1) is 0 Å². The monoisotopic (exact) mass is 296 g/mol. The van der Waals surface area contributed by atoms with E-state index >= 15 is 0 Å². The smallest absolute Gasteiger partial charge is 0.326 e. The number of piperidine rings is 1. The number of amides is 2. The number of nitrogens with one attached hydrogen (secondary N) is 1. The van der Waals surface area contributed by atoms with E-state index in [0.29, 0.717) is 12.0 Å². The van der Waals surface area contributed by atoms with Crippen LogP contribution >= 0.6 is 0 Å². The van der Waals surface area contributed by atoms with Crippen molar-refractivity contribution in [1.82, 2.24) is 10.2 Å². The fourth-order valence-corrected chi connectivity index (χ4v) is 3.78. The molecule has 2 fully saturated rings. The van der Waals surface area contributed by atoms with Gasteiger partial charge in [-0.1, -0.05) is 33.1 Å². The van der Waals surface area contributed by atoms with E-state index in [1.54, 1.807) is 0 Å². The maximum absolute atomic E-state index is 12.5. The summed E-state index contributed by atoms with van der Waals surface area (Å²) >= 11 is 0. The molecule has 0 spiro atoms. The van der Waals surface area contributed by atoms with Gasteiger partial charge in [-0.05, 0) is 37.5 Å². The summed E-state index contributed by atoms with van der Waals surface area (Å²) in [4.78, 5) is 25.8. The molecule has 0 bridgehead atoms. The number of carboxylic acid groups (broad SMARTS) is 1. The molecule has 21 heavy (non-hydrogen) atoms. The third-order valence-electron chi connectivity index (χ3n) is 5.26. The first-order valence-corrected chi connectivity index (χ1v) is 8.34. The maximum atomic E-state index is 12.5. The summed E-state index contributed by atoms with van der Waals surface area (Å²) in [5.41, 5.74) is 0. The molecule has 0 aromatic rings. The molecule has 0 radical (unpaired) electrons. The first-order chi connectivity index (χ1) is 10.0. The first-order valence-electron chi connectivity index (χ1n) is 8.34. The lowest BCUT2D eigenvalue weighted by Gasteiger charge is -2.44. The topological polar surface area (TPSA) is 69.6 Å². The molecular weight excluding hydrogens is 268 g/mol. The van der Waals surface area contributed by atoms with Crippen LogP contribution in [0.15, 0.2) is 0 Å². The van der Waals surface area contributed by atoms with Crippen LogP contribution in [0.1, 0.15) is 58.8 Å². The third-order valence-corrected chi connectivity index (χ3v) is 5.26. The summed E-state index contributed by atoms with van der Waals surface area (Å²) in [6, 6.07) is -0.648. The van der Waals surface area contributed by atoms with Crippen LogP contribution in [0.2, 0.25) is 0 Å². The van der Waals surface area contributed by atoms with Crippen molar-refractivity contribution in [3.05, 3.63) is 0 Å². The van der Waals surface area contributed by atoms with Crippen LogP contribution < -0.4 is 5.32 Å². The second kappa shape index (κ2) is 7.14. The molecule has 1 heterocycles. The van der Waals surface area contributed by atoms with Crippen molar-refractivity contribution in [1.29, 1.82) is 0 Å². The lowest BCUT2D eigenvalue weighted by atomic mass is 9.78. The number of hydrogen-bond donors (Lipinski definition) is 2. The summed E-state index contributed by atoms with van der Waals surface area (Å²) in [5, 5.41) is 12.1. The van der Waals surface area contributed by atoms with Gasteiger partial charge < -0.3 is 15.3 Å². The average Bonchev–Trinajstić information content (AvgIpc) is 2.50. The first kappa shape index (κ1) is 16.1. The van der Waals surface area contributed by atoms with Gasteiger partial charge in [-0.3, -0.25) is 0 Å². The average molecular weight is 296 g/mol. The van der Waals surface area contributed by atoms with Gasteiger partial charge in [0.15, 0.2) is 0 Å². The summed E-state index contributed by atoms with van der Waals surface area (Å²) in [6.07, 6.45) is 7.71. The highest BCUT2D eigenvalue weighted by molar-refractivity contribution is 5.83. The van der Waals surface area contributed by atoms with Gasteiger partial charge in [0.1, 0.15) is 6.04 Å². The number of nitrogens with zero attached hydrogens (tertiary/aromatic N) is 1. The molecule has 1 saturated carbocycles. The normalized spacial score (nSPS) is 28.4. The fraction of sp³-hybridized carbons (Fsp3) is 0.875. The number of urea groups is 1. The van der Waals surface area contributed by atoms with Gasteiger partial charge in [-0.25, -0.2) is 9.59 Å². The number of fused-ring (bicyclic) bond motifs is 1. The largest absolute Gasteiger partial charge is 0.480 e. The Morgan fingerprint density at radius 1 is 1.24 bits per heavy atom. The molecule has 4 atom stereocenters. The SMILES string of the molecule is CC[C@H](C)[C@H](NC(=O)N1CCCC2CCCCC21)C(=O)O. The van der Waals surface area contributed by atoms with E-state index in [2.05, 4.69) is 5.32 Å². The molecule has 2 aliphatic rings. The van der Waals surface area contributed by atoms with Crippen molar-refractivity contribution in [2.24, 2.45) is 11.8 Å². The van der Waals surface area contributed by atoms with Gasteiger partial charge in [-0.15, -0.1) is 0 Å². The molecule has 5 heteroatoms. The predicted octanol–water partition coefficient (Wildman–Crippen LogP) is 2.85. The second-order valence-electron chi connectivity index (χ2n) is 6.60. The predicted molar refractivity (Wildman–Crippen MR) is 81.1 cm³/mol. The molecule has 1 aliphatic heterocycles. The van der Waals surface area contributed by atoms with Crippen LogP contribution in [0.25, 0.3) is 0 Å². The van der Waals surface area contributed by atoms with Gasteiger partial charge in [0.2, 0.25) is 0 Å². The summed E-state index contributed by atoms with van der Waals surface area (Å²) in [5.74, 6) is -0.376. The van der Waals surface area contributed by atoms with Crippen LogP contribution in [-0.2, 0) is 4.79 Å². The zero-order valence-corrected chi connectivity index (χ0v) is 13.2. The molecule has 2 amide bonds. The van der Waals surface area contributed by atoms with Crippen molar-refractivity contribution in [3.63, 3.8) is 0 Å². The molecule has 5 nitrogen and oxygen atoms in total. The zero-order chi connectivity index (χ0) is 15.4. The van der Waals surface area contributed by atoms with Crippen molar-refractivity contribution in [3.8, 4) is 0 Å². The number of aliphatic carboxylic acids is 1. The van der Waals surface area contributed by atoms with E-state index in [0.717, 1.165) is 25.8 Å². The molecule has 120 valence electrons. The number of carbonyl (C=O) groups is 2. The number of carbonyl (C=O) groups excluding carboxylic acids is 1. The molecular formula is C16H28N2O3. The van der Waals surface area contributed by atoms with E-state index in [4.69, 9.17) is 0 Å². The van der Waals surface area contributed by atoms with Crippen molar-refractivity contribution in [2.45, 2.75) is 70.9 Å². The Kier molecular flexibility index (Phi) is 5.48. The molecule has 0 aromatic heterocycles. The van der Waals surface area contributed by atoms with Crippen LogP contribution in [-0.4, -0.2) is 40.6 Å². The standard InChI is InChI=1S/C16H28N2O3/c1-3-11(2)14(15(19)20)17-16(21)18-10-6-8-12-7-4-5-9-13(12)18/h11-14H,3-10H2,1-2H3,(H,17,21)(H,19,20)/t11-,12?,13?,14-/m0/s1. The molecule has 1 aliphatic carbocycles. The number of hydrogen-bond acceptors (Lipinski definition) is 2. The highest BCUT2D eigenvalue weighted by atomic mass is 16.4. The Bertz CT molecular complexity index is 384. The Hall–Kier alpha value is -1.26.